The number of hydrogen-bond acceptors (Lipinski definition) is 5. The van der Waals surface area contributed by atoms with Gasteiger partial charge in [-0.15, -0.1) is 5.10 Å². The Labute approximate surface area is 139 Å². The quantitative estimate of drug-likeness (QED) is 0.859. The van der Waals surface area contributed by atoms with Crippen LogP contribution in [0, 0.1) is 12.7 Å². The van der Waals surface area contributed by atoms with Crippen molar-refractivity contribution in [1.82, 2.24) is 25.5 Å². The molecule has 0 unspecified atom stereocenters. The number of carbonyl (C=O) groups is 1. The predicted molar refractivity (Wildman–Crippen MR) is 83.7 cm³/mol. The first-order valence-corrected chi connectivity index (χ1v) is 8.01. The summed E-state index contributed by atoms with van der Waals surface area (Å²) < 4.78 is 20.1. The van der Waals surface area contributed by atoms with Crippen molar-refractivity contribution in [2.75, 3.05) is 13.2 Å². The highest BCUT2D eigenvalue weighted by molar-refractivity contribution is 5.80. The topological polar surface area (TPSA) is 81.9 Å². The SMILES string of the molecule is Cc1nnnn1[C@H](Cc1ccc(F)cc1)C(=O)NC[C@@H]1CCCO1. The van der Waals surface area contributed by atoms with Crippen LogP contribution in [0.1, 0.15) is 30.3 Å². The molecule has 8 heteroatoms. The molecule has 128 valence electrons. The molecule has 1 aromatic carbocycles. The summed E-state index contributed by atoms with van der Waals surface area (Å²) in [6.45, 7) is 2.95. The van der Waals surface area contributed by atoms with E-state index in [1.54, 1.807) is 19.1 Å². The first-order chi connectivity index (χ1) is 11.6. The second-order valence-electron chi connectivity index (χ2n) is 5.90. The molecule has 1 amide bonds. The molecule has 2 atom stereocenters. The van der Waals surface area contributed by atoms with E-state index in [1.165, 1.54) is 16.8 Å². The normalized spacial score (nSPS) is 18.5. The summed E-state index contributed by atoms with van der Waals surface area (Å²) in [7, 11) is 0. The summed E-state index contributed by atoms with van der Waals surface area (Å²) in [5, 5.41) is 14.3. The van der Waals surface area contributed by atoms with Crippen LogP contribution in [-0.2, 0) is 16.0 Å². The summed E-state index contributed by atoms with van der Waals surface area (Å²) in [5.41, 5.74) is 0.837. The maximum atomic E-state index is 13.1. The molecule has 1 aliphatic heterocycles. The Morgan fingerprint density at radius 1 is 1.46 bits per heavy atom. The fourth-order valence-corrected chi connectivity index (χ4v) is 2.80. The van der Waals surface area contributed by atoms with Gasteiger partial charge in [-0.2, -0.15) is 0 Å². The van der Waals surface area contributed by atoms with E-state index in [9.17, 15) is 9.18 Å². The summed E-state index contributed by atoms with van der Waals surface area (Å²) >= 11 is 0. The van der Waals surface area contributed by atoms with Crippen LogP contribution in [0.5, 0.6) is 0 Å². The number of hydrogen-bond donors (Lipinski definition) is 1. The number of carbonyl (C=O) groups excluding carboxylic acids is 1. The number of amides is 1. The van der Waals surface area contributed by atoms with Crippen LogP contribution in [0.2, 0.25) is 0 Å². The van der Waals surface area contributed by atoms with Gasteiger partial charge in [0.1, 0.15) is 17.7 Å². The lowest BCUT2D eigenvalue weighted by Gasteiger charge is -2.19. The summed E-state index contributed by atoms with van der Waals surface area (Å²) in [5.74, 6) is 0.0661. The Bertz CT molecular complexity index is 682. The number of nitrogens with one attached hydrogen (secondary N) is 1. The van der Waals surface area contributed by atoms with Gasteiger partial charge in [-0.25, -0.2) is 9.07 Å². The lowest BCUT2D eigenvalue weighted by atomic mass is 10.0. The molecule has 0 spiro atoms. The van der Waals surface area contributed by atoms with Gasteiger partial charge in [-0.3, -0.25) is 4.79 Å². The molecule has 1 aromatic heterocycles. The highest BCUT2D eigenvalue weighted by Crippen LogP contribution is 2.16. The Morgan fingerprint density at radius 3 is 2.88 bits per heavy atom. The largest absolute Gasteiger partial charge is 0.376 e. The number of halogens is 1. The Hall–Kier alpha value is -2.35. The van der Waals surface area contributed by atoms with Crippen molar-refractivity contribution in [3.05, 3.63) is 41.5 Å². The van der Waals surface area contributed by atoms with Crippen LogP contribution in [0.15, 0.2) is 24.3 Å². The van der Waals surface area contributed by atoms with Crippen molar-refractivity contribution in [2.45, 2.75) is 38.3 Å². The van der Waals surface area contributed by atoms with Crippen molar-refractivity contribution in [3.8, 4) is 0 Å². The molecule has 2 aromatic rings. The summed E-state index contributed by atoms with van der Waals surface area (Å²) in [4.78, 5) is 12.7. The first kappa shape index (κ1) is 16.5. The second kappa shape index (κ2) is 7.48. The average Bonchev–Trinajstić information content (AvgIpc) is 3.24. The van der Waals surface area contributed by atoms with Gasteiger partial charge in [0.15, 0.2) is 0 Å². The molecule has 0 saturated carbocycles. The van der Waals surface area contributed by atoms with Crippen LogP contribution in [0.4, 0.5) is 4.39 Å². The van der Waals surface area contributed by atoms with E-state index in [1.807, 2.05) is 0 Å². The minimum Gasteiger partial charge on any atom is -0.376 e. The van der Waals surface area contributed by atoms with Gasteiger partial charge in [0.25, 0.3) is 0 Å². The highest BCUT2D eigenvalue weighted by Gasteiger charge is 2.25. The molecule has 1 N–H and O–H groups in total. The third-order valence-electron chi connectivity index (χ3n) is 4.13. The standard InChI is InChI=1S/C16H20FN5O2/c1-11-19-20-21-22(11)15(9-12-4-6-13(17)7-5-12)16(23)18-10-14-3-2-8-24-14/h4-7,14-15H,2-3,8-10H2,1H3,(H,18,23)/t14-,15+/m0/s1. The summed E-state index contributed by atoms with van der Waals surface area (Å²) in [6, 6.07) is 5.49. The highest BCUT2D eigenvalue weighted by atomic mass is 19.1. The molecule has 24 heavy (non-hydrogen) atoms. The van der Waals surface area contributed by atoms with Crippen molar-refractivity contribution >= 4 is 5.91 Å². The number of ether oxygens (including phenoxy) is 1. The molecule has 3 rings (SSSR count). The predicted octanol–water partition coefficient (Wildman–Crippen LogP) is 1.20. The number of nitrogens with zero attached hydrogens (tertiary/aromatic N) is 4. The Balaban J connectivity index is 1.72. The number of aromatic nitrogens is 4. The van der Waals surface area contributed by atoms with Gasteiger partial charge >= 0.3 is 0 Å². The molecule has 7 nitrogen and oxygen atoms in total. The molecule has 0 aliphatic carbocycles. The smallest absolute Gasteiger partial charge is 0.245 e. The minimum atomic E-state index is -0.591. The zero-order valence-corrected chi connectivity index (χ0v) is 13.5. The van der Waals surface area contributed by atoms with Crippen molar-refractivity contribution < 1.29 is 13.9 Å². The van der Waals surface area contributed by atoms with E-state index in [2.05, 4.69) is 20.8 Å². The molecule has 1 aliphatic rings. The van der Waals surface area contributed by atoms with E-state index < -0.39 is 6.04 Å². The van der Waals surface area contributed by atoms with E-state index in [0.29, 0.717) is 18.8 Å². The third-order valence-corrected chi connectivity index (χ3v) is 4.13. The molecule has 2 heterocycles. The number of benzene rings is 1. The van der Waals surface area contributed by atoms with E-state index in [4.69, 9.17) is 4.74 Å². The molecule has 1 fully saturated rings. The van der Waals surface area contributed by atoms with Gasteiger partial charge in [0.2, 0.25) is 5.91 Å². The lowest BCUT2D eigenvalue weighted by molar-refractivity contribution is -0.125. The molecule has 0 bridgehead atoms. The Morgan fingerprint density at radius 2 is 2.25 bits per heavy atom. The minimum absolute atomic E-state index is 0.0652. The second-order valence-corrected chi connectivity index (χ2v) is 5.90. The van der Waals surface area contributed by atoms with E-state index in [0.717, 1.165) is 25.0 Å². The fraction of sp³-hybridized carbons (Fsp3) is 0.500. The van der Waals surface area contributed by atoms with Crippen LogP contribution in [-0.4, -0.2) is 45.4 Å². The van der Waals surface area contributed by atoms with Crippen molar-refractivity contribution in [3.63, 3.8) is 0 Å². The van der Waals surface area contributed by atoms with Gasteiger partial charge < -0.3 is 10.1 Å². The zero-order chi connectivity index (χ0) is 16.9. The molecule has 0 radical (unpaired) electrons. The van der Waals surface area contributed by atoms with Gasteiger partial charge in [-0.1, -0.05) is 12.1 Å². The van der Waals surface area contributed by atoms with E-state index >= 15 is 0 Å². The Kier molecular flexibility index (Phi) is 5.14. The maximum Gasteiger partial charge on any atom is 0.245 e. The van der Waals surface area contributed by atoms with Crippen molar-refractivity contribution in [2.24, 2.45) is 0 Å². The van der Waals surface area contributed by atoms with Crippen LogP contribution >= 0.6 is 0 Å². The van der Waals surface area contributed by atoms with Gasteiger partial charge in [0, 0.05) is 19.6 Å². The maximum absolute atomic E-state index is 13.1. The third kappa shape index (κ3) is 3.94. The zero-order valence-electron chi connectivity index (χ0n) is 13.5. The van der Waals surface area contributed by atoms with Gasteiger partial charge in [-0.05, 0) is 47.9 Å². The number of rotatable bonds is 6. The van der Waals surface area contributed by atoms with Crippen LogP contribution in [0.3, 0.4) is 0 Å². The average molecular weight is 333 g/mol. The van der Waals surface area contributed by atoms with Crippen molar-refractivity contribution in [1.29, 1.82) is 0 Å². The first-order valence-electron chi connectivity index (χ1n) is 8.01. The fourth-order valence-electron chi connectivity index (χ4n) is 2.80. The molecular weight excluding hydrogens is 313 g/mol. The van der Waals surface area contributed by atoms with Gasteiger partial charge in [0.05, 0.1) is 6.10 Å². The summed E-state index contributed by atoms with van der Waals surface area (Å²) in [6.07, 6.45) is 2.41. The molecular formula is C16H20FN5O2. The number of tetrazole rings is 1. The van der Waals surface area contributed by atoms with E-state index in [-0.39, 0.29) is 17.8 Å². The molecule has 1 saturated heterocycles. The monoisotopic (exact) mass is 333 g/mol. The van der Waals surface area contributed by atoms with Crippen LogP contribution < -0.4 is 5.32 Å². The van der Waals surface area contributed by atoms with Crippen LogP contribution in [0.25, 0.3) is 0 Å². The number of aryl methyl sites for hydroxylation is 1. The lowest BCUT2D eigenvalue weighted by Crippen LogP contribution is -2.38.